The quantitative estimate of drug-likeness (QED) is 0.408. The van der Waals surface area contributed by atoms with Crippen LogP contribution in [0.4, 0.5) is 5.69 Å². The van der Waals surface area contributed by atoms with Crippen LogP contribution in [0.1, 0.15) is 19.8 Å². The topological polar surface area (TPSA) is 134 Å². The fourth-order valence-electron chi connectivity index (χ4n) is 3.70. The Morgan fingerprint density at radius 2 is 2.00 bits per heavy atom. The number of nitrogens with one attached hydrogen (secondary N) is 1. The minimum absolute atomic E-state index is 0.163. The first-order valence-corrected chi connectivity index (χ1v) is 9.33. The van der Waals surface area contributed by atoms with E-state index in [1.807, 2.05) is 0 Å². The lowest BCUT2D eigenvalue weighted by atomic mass is 9.88. The number of hydrogen-bond acceptors (Lipinski definition) is 8. The fraction of sp³-hybridized carbons (Fsp3) is 0.526. The molecule has 0 unspecified atom stereocenters. The molecule has 1 aromatic rings. The summed E-state index contributed by atoms with van der Waals surface area (Å²) in [5.74, 6) is -1.78. The Morgan fingerprint density at radius 1 is 1.28 bits per heavy atom. The molecule has 1 heterocycles. The molecule has 0 saturated heterocycles. The second-order valence-electron chi connectivity index (χ2n) is 7.20. The number of nitro groups is 1. The van der Waals surface area contributed by atoms with E-state index in [-0.39, 0.29) is 31.1 Å². The Balaban J connectivity index is 1.49. The predicted molar refractivity (Wildman–Crippen MR) is 99.3 cm³/mol. The number of hydrogen-bond donors (Lipinski definition) is 1. The zero-order valence-corrected chi connectivity index (χ0v) is 15.9. The number of benzene rings is 1. The van der Waals surface area contributed by atoms with Gasteiger partial charge in [0.2, 0.25) is 6.54 Å². The van der Waals surface area contributed by atoms with Gasteiger partial charge in [-0.15, -0.1) is 0 Å². The highest BCUT2D eigenvalue weighted by Gasteiger charge is 2.44. The maximum atomic E-state index is 12.1. The largest absolute Gasteiger partial charge is 0.486 e. The van der Waals surface area contributed by atoms with Crippen molar-refractivity contribution in [3.05, 3.63) is 28.3 Å². The van der Waals surface area contributed by atoms with E-state index in [1.54, 1.807) is 25.1 Å². The van der Waals surface area contributed by atoms with E-state index >= 15 is 0 Å². The van der Waals surface area contributed by atoms with Gasteiger partial charge in [0.1, 0.15) is 19.0 Å². The van der Waals surface area contributed by atoms with Gasteiger partial charge in [0.15, 0.2) is 18.1 Å². The maximum absolute atomic E-state index is 12.1. The molecule has 156 valence electrons. The SMILES string of the molecule is C[C@H]1CC(=O)[C@@H](CC(=O)OCC(=O)Nc2ccc3c(c2)OCCO3)[C@@H]1C[N+](=O)[O-]. The fourth-order valence-corrected chi connectivity index (χ4v) is 3.70. The summed E-state index contributed by atoms with van der Waals surface area (Å²) in [5.41, 5.74) is 0.459. The molecule has 0 bridgehead atoms. The van der Waals surface area contributed by atoms with Gasteiger partial charge in [-0.05, 0) is 18.1 Å². The summed E-state index contributed by atoms with van der Waals surface area (Å²) in [6.07, 6.45) is -0.0555. The summed E-state index contributed by atoms with van der Waals surface area (Å²) in [5, 5.41) is 13.4. The highest BCUT2D eigenvalue weighted by Crippen LogP contribution is 2.36. The minimum atomic E-state index is -0.747. The number of nitrogens with zero attached hydrogens (tertiary/aromatic N) is 1. The number of ether oxygens (including phenoxy) is 3. The van der Waals surface area contributed by atoms with E-state index in [0.29, 0.717) is 30.4 Å². The van der Waals surface area contributed by atoms with Gasteiger partial charge in [-0.25, -0.2) is 0 Å². The third kappa shape index (κ3) is 5.21. The van der Waals surface area contributed by atoms with Gasteiger partial charge in [0, 0.05) is 34.9 Å². The van der Waals surface area contributed by atoms with Crippen molar-refractivity contribution < 1.29 is 33.5 Å². The monoisotopic (exact) mass is 406 g/mol. The summed E-state index contributed by atoms with van der Waals surface area (Å²) >= 11 is 0. The molecule has 2 aliphatic rings. The molecule has 0 spiro atoms. The molecule has 1 aliphatic carbocycles. The number of carbonyl (C=O) groups excluding carboxylic acids is 3. The summed E-state index contributed by atoms with van der Waals surface area (Å²) in [4.78, 5) is 46.5. The predicted octanol–water partition coefficient (Wildman–Crippen LogP) is 1.45. The van der Waals surface area contributed by atoms with Crippen molar-refractivity contribution in [1.82, 2.24) is 0 Å². The van der Waals surface area contributed by atoms with E-state index in [4.69, 9.17) is 14.2 Å². The Bertz CT molecular complexity index is 824. The van der Waals surface area contributed by atoms with E-state index in [1.165, 1.54) is 0 Å². The van der Waals surface area contributed by atoms with Crippen molar-refractivity contribution in [2.24, 2.45) is 17.8 Å². The van der Waals surface area contributed by atoms with Crippen molar-refractivity contribution in [2.75, 3.05) is 31.7 Å². The number of carbonyl (C=O) groups is 3. The lowest BCUT2D eigenvalue weighted by Gasteiger charge is -2.19. The zero-order valence-electron chi connectivity index (χ0n) is 15.9. The molecule has 29 heavy (non-hydrogen) atoms. The number of esters is 1. The number of Topliss-reactive ketones (excluding diaryl/α,β-unsaturated/α-hetero) is 1. The average Bonchev–Trinajstić information content (AvgIpc) is 2.93. The number of ketones is 1. The highest BCUT2D eigenvalue weighted by molar-refractivity contribution is 5.93. The molecule has 10 heteroatoms. The summed E-state index contributed by atoms with van der Waals surface area (Å²) in [6, 6.07) is 4.90. The van der Waals surface area contributed by atoms with Crippen LogP contribution in [0.3, 0.4) is 0 Å². The first-order chi connectivity index (χ1) is 13.8. The second-order valence-corrected chi connectivity index (χ2v) is 7.20. The number of rotatable bonds is 7. The Hall–Kier alpha value is -3.17. The van der Waals surface area contributed by atoms with Crippen LogP contribution in [0, 0.1) is 27.9 Å². The standard InChI is InChI=1S/C19H22N2O8/c1-11-6-15(22)13(14(11)9-21(25)26)8-19(24)29-10-18(23)20-12-2-3-16-17(7-12)28-5-4-27-16/h2-3,7,11,13-14H,4-6,8-10H2,1H3,(H,20,23)/t11-,13-,14+/m0/s1. The molecule has 1 aromatic carbocycles. The van der Waals surface area contributed by atoms with Crippen LogP contribution in [-0.4, -0.2) is 48.9 Å². The second kappa shape index (κ2) is 8.89. The highest BCUT2D eigenvalue weighted by atomic mass is 16.6. The van der Waals surface area contributed by atoms with Gasteiger partial charge >= 0.3 is 5.97 Å². The Morgan fingerprint density at radius 3 is 2.72 bits per heavy atom. The van der Waals surface area contributed by atoms with E-state index in [0.717, 1.165) is 0 Å². The van der Waals surface area contributed by atoms with E-state index in [2.05, 4.69) is 5.32 Å². The van der Waals surface area contributed by atoms with E-state index in [9.17, 15) is 24.5 Å². The molecular formula is C19H22N2O8. The lowest BCUT2D eigenvalue weighted by Crippen LogP contribution is -2.28. The molecule has 1 fully saturated rings. The van der Waals surface area contributed by atoms with Crippen LogP contribution in [0.25, 0.3) is 0 Å². The first-order valence-electron chi connectivity index (χ1n) is 9.33. The molecule has 1 aliphatic heterocycles. The Kier molecular flexibility index (Phi) is 6.30. The zero-order chi connectivity index (χ0) is 21.0. The number of fused-ring (bicyclic) bond motifs is 1. The lowest BCUT2D eigenvalue weighted by molar-refractivity contribution is -0.490. The summed E-state index contributed by atoms with van der Waals surface area (Å²) in [7, 11) is 0. The van der Waals surface area contributed by atoms with Crippen LogP contribution < -0.4 is 14.8 Å². The first kappa shape index (κ1) is 20.6. The van der Waals surface area contributed by atoms with Crippen LogP contribution >= 0.6 is 0 Å². The minimum Gasteiger partial charge on any atom is -0.486 e. The summed E-state index contributed by atoms with van der Waals surface area (Å²) in [6.45, 7) is 1.74. The summed E-state index contributed by atoms with van der Waals surface area (Å²) < 4.78 is 15.8. The number of anilines is 1. The van der Waals surface area contributed by atoms with Gasteiger partial charge < -0.3 is 19.5 Å². The normalized spacial score (nSPS) is 22.8. The third-order valence-electron chi connectivity index (χ3n) is 5.12. The smallest absolute Gasteiger partial charge is 0.307 e. The Labute approximate surface area is 166 Å². The maximum Gasteiger partial charge on any atom is 0.307 e. The van der Waals surface area contributed by atoms with Crippen LogP contribution in [0.2, 0.25) is 0 Å². The van der Waals surface area contributed by atoms with Gasteiger partial charge in [-0.1, -0.05) is 6.92 Å². The molecule has 1 amide bonds. The van der Waals surface area contributed by atoms with Crippen molar-refractivity contribution in [3.63, 3.8) is 0 Å². The molecule has 3 rings (SSSR count). The van der Waals surface area contributed by atoms with Crippen LogP contribution in [0.15, 0.2) is 18.2 Å². The van der Waals surface area contributed by atoms with Gasteiger partial charge in [-0.2, -0.15) is 0 Å². The average molecular weight is 406 g/mol. The third-order valence-corrected chi connectivity index (χ3v) is 5.12. The number of amides is 1. The molecule has 0 radical (unpaired) electrons. The van der Waals surface area contributed by atoms with Crippen molar-refractivity contribution in [1.29, 1.82) is 0 Å². The molecule has 3 atom stereocenters. The van der Waals surface area contributed by atoms with Gasteiger partial charge in [0.05, 0.1) is 6.42 Å². The molecule has 0 aromatic heterocycles. The van der Waals surface area contributed by atoms with Gasteiger partial charge in [0.25, 0.3) is 5.91 Å². The molecule has 10 nitrogen and oxygen atoms in total. The van der Waals surface area contributed by atoms with Gasteiger partial charge in [-0.3, -0.25) is 24.5 Å². The van der Waals surface area contributed by atoms with Crippen LogP contribution in [0.5, 0.6) is 11.5 Å². The molecular weight excluding hydrogens is 384 g/mol. The van der Waals surface area contributed by atoms with E-state index < -0.39 is 35.2 Å². The van der Waals surface area contributed by atoms with Crippen LogP contribution in [-0.2, 0) is 19.1 Å². The van der Waals surface area contributed by atoms with Crippen molar-refractivity contribution in [3.8, 4) is 11.5 Å². The molecule has 1 N–H and O–H groups in total. The molecule has 1 saturated carbocycles. The van der Waals surface area contributed by atoms with Crippen molar-refractivity contribution in [2.45, 2.75) is 19.8 Å². The van der Waals surface area contributed by atoms with Crippen molar-refractivity contribution >= 4 is 23.3 Å².